The van der Waals surface area contributed by atoms with Crippen molar-refractivity contribution >= 4 is 16.6 Å². The molecule has 0 atom stereocenters. The van der Waals surface area contributed by atoms with E-state index in [1.165, 1.54) is 5.56 Å². The lowest BCUT2D eigenvalue weighted by Crippen LogP contribution is -1.99. The highest BCUT2D eigenvalue weighted by atomic mass is 15.3. The Hall–Kier alpha value is -2.30. The Balaban J connectivity index is 1.67. The standard InChI is InChI=1S/C14H17N5/c1-2-5-19-10-11(8-17-19)7-15-13-4-3-12-9-16-18-14(12)6-13/h3-4,6,8-10,15H,2,5,7H2,1H3,(H,16,18). The monoisotopic (exact) mass is 255 g/mol. The van der Waals surface area contributed by atoms with Gasteiger partial charge in [0.1, 0.15) is 0 Å². The minimum Gasteiger partial charge on any atom is -0.381 e. The number of anilines is 1. The molecule has 0 amide bonds. The summed E-state index contributed by atoms with van der Waals surface area (Å²) >= 11 is 0. The van der Waals surface area contributed by atoms with Crippen LogP contribution < -0.4 is 5.32 Å². The van der Waals surface area contributed by atoms with E-state index in [0.29, 0.717) is 0 Å². The molecule has 19 heavy (non-hydrogen) atoms. The summed E-state index contributed by atoms with van der Waals surface area (Å²) < 4.78 is 1.98. The molecular weight excluding hydrogens is 238 g/mol. The summed E-state index contributed by atoms with van der Waals surface area (Å²) in [6.45, 7) is 3.91. The molecular formula is C14H17N5. The van der Waals surface area contributed by atoms with Crippen LogP contribution in [0.3, 0.4) is 0 Å². The maximum absolute atomic E-state index is 4.32. The summed E-state index contributed by atoms with van der Waals surface area (Å²) in [6, 6.07) is 6.19. The van der Waals surface area contributed by atoms with E-state index in [1.54, 1.807) is 0 Å². The molecule has 2 aromatic heterocycles. The first kappa shape index (κ1) is 11.8. The molecule has 0 aliphatic heterocycles. The fraction of sp³-hybridized carbons (Fsp3) is 0.286. The van der Waals surface area contributed by atoms with Gasteiger partial charge in [0.25, 0.3) is 0 Å². The summed E-state index contributed by atoms with van der Waals surface area (Å²) in [5.41, 5.74) is 3.32. The summed E-state index contributed by atoms with van der Waals surface area (Å²) in [5.74, 6) is 0. The maximum atomic E-state index is 4.32. The number of aromatic nitrogens is 4. The van der Waals surface area contributed by atoms with Gasteiger partial charge in [-0.3, -0.25) is 9.78 Å². The molecule has 2 N–H and O–H groups in total. The third kappa shape index (κ3) is 2.59. The topological polar surface area (TPSA) is 58.5 Å². The number of hydrogen-bond acceptors (Lipinski definition) is 3. The van der Waals surface area contributed by atoms with Crippen molar-refractivity contribution in [2.75, 3.05) is 5.32 Å². The number of H-pyrrole nitrogens is 1. The second-order valence-electron chi connectivity index (χ2n) is 4.64. The van der Waals surface area contributed by atoms with Gasteiger partial charge in [-0.1, -0.05) is 6.92 Å². The van der Waals surface area contributed by atoms with Crippen molar-refractivity contribution in [3.63, 3.8) is 0 Å². The minimum absolute atomic E-state index is 0.781. The van der Waals surface area contributed by atoms with E-state index in [1.807, 2.05) is 17.1 Å². The van der Waals surface area contributed by atoms with E-state index in [9.17, 15) is 0 Å². The summed E-state index contributed by atoms with van der Waals surface area (Å²) in [6.07, 6.45) is 6.93. The van der Waals surface area contributed by atoms with Gasteiger partial charge in [-0.2, -0.15) is 10.2 Å². The molecule has 0 unspecified atom stereocenters. The van der Waals surface area contributed by atoms with Crippen LogP contribution in [0.15, 0.2) is 36.8 Å². The lowest BCUT2D eigenvalue weighted by Gasteiger charge is -2.04. The minimum atomic E-state index is 0.781. The van der Waals surface area contributed by atoms with Gasteiger partial charge in [0.15, 0.2) is 0 Å². The van der Waals surface area contributed by atoms with Gasteiger partial charge < -0.3 is 5.32 Å². The molecule has 5 heteroatoms. The van der Waals surface area contributed by atoms with Gasteiger partial charge in [-0.25, -0.2) is 0 Å². The van der Waals surface area contributed by atoms with Crippen LogP contribution >= 0.6 is 0 Å². The van der Waals surface area contributed by atoms with Crippen LogP contribution in [-0.2, 0) is 13.1 Å². The number of hydrogen-bond donors (Lipinski definition) is 2. The summed E-state index contributed by atoms with van der Waals surface area (Å²) in [7, 11) is 0. The molecule has 0 saturated carbocycles. The van der Waals surface area contributed by atoms with Crippen molar-refractivity contribution in [2.45, 2.75) is 26.4 Å². The number of nitrogens with one attached hydrogen (secondary N) is 2. The van der Waals surface area contributed by atoms with E-state index >= 15 is 0 Å². The van der Waals surface area contributed by atoms with Crippen LogP contribution in [0.4, 0.5) is 5.69 Å². The van der Waals surface area contributed by atoms with E-state index in [2.05, 4.69) is 51.9 Å². The number of fused-ring (bicyclic) bond motifs is 1. The Bertz CT molecular complexity index is 667. The number of rotatable bonds is 5. The van der Waals surface area contributed by atoms with E-state index in [-0.39, 0.29) is 0 Å². The van der Waals surface area contributed by atoms with Gasteiger partial charge in [-0.05, 0) is 24.6 Å². The van der Waals surface area contributed by atoms with Crippen molar-refractivity contribution in [1.82, 2.24) is 20.0 Å². The first-order valence-electron chi connectivity index (χ1n) is 6.53. The molecule has 0 bridgehead atoms. The highest BCUT2D eigenvalue weighted by Gasteiger charge is 2.00. The molecule has 0 saturated heterocycles. The smallest absolute Gasteiger partial charge is 0.0670 e. The predicted octanol–water partition coefficient (Wildman–Crippen LogP) is 2.78. The van der Waals surface area contributed by atoms with Gasteiger partial charge in [0.2, 0.25) is 0 Å². The van der Waals surface area contributed by atoms with Gasteiger partial charge in [0.05, 0.1) is 17.9 Å². The molecule has 98 valence electrons. The van der Waals surface area contributed by atoms with E-state index < -0.39 is 0 Å². The molecule has 1 aromatic carbocycles. The molecule has 0 spiro atoms. The summed E-state index contributed by atoms with van der Waals surface area (Å²) in [5, 5.41) is 15.8. The largest absolute Gasteiger partial charge is 0.381 e. The number of benzene rings is 1. The average molecular weight is 255 g/mol. The Labute approximate surface area is 111 Å². The third-order valence-electron chi connectivity index (χ3n) is 3.08. The Morgan fingerprint density at radius 1 is 1.32 bits per heavy atom. The SMILES string of the molecule is CCCn1cc(CNc2ccc3cn[nH]c3c2)cn1. The van der Waals surface area contributed by atoms with Crippen LogP contribution in [0.25, 0.3) is 10.9 Å². The fourth-order valence-electron chi connectivity index (χ4n) is 2.10. The fourth-order valence-corrected chi connectivity index (χ4v) is 2.10. The van der Waals surface area contributed by atoms with Gasteiger partial charge in [-0.15, -0.1) is 0 Å². The molecule has 0 radical (unpaired) electrons. The number of aryl methyl sites for hydroxylation is 1. The second kappa shape index (κ2) is 5.14. The summed E-state index contributed by atoms with van der Waals surface area (Å²) in [4.78, 5) is 0. The first-order chi connectivity index (χ1) is 9.35. The highest BCUT2D eigenvalue weighted by Crippen LogP contribution is 2.17. The zero-order valence-electron chi connectivity index (χ0n) is 10.9. The van der Waals surface area contributed by atoms with Crippen LogP contribution in [-0.4, -0.2) is 20.0 Å². The van der Waals surface area contributed by atoms with Crippen LogP contribution in [0.5, 0.6) is 0 Å². The number of nitrogens with zero attached hydrogens (tertiary/aromatic N) is 3. The Morgan fingerprint density at radius 2 is 2.26 bits per heavy atom. The first-order valence-corrected chi connectivity index (χ1v) is 6.53. The average Bonchev–Trinajstić information content (AvgIpc) is 3.04. The zero-order valence-corrected chi connectivity index (χ0v) is 10.9. The quantitative estimate of drug-likeness (QED) is 0.737. The van der Waals surface area contributed by atoms with Crippen molar-refractivity contribution in [2.24, 2.45) is 0 Å². The van der Waals surface area contributed by atoms with Crippen molar-refractivity contribution < 1.29 is 0 Å². The van der Waals surface area contributed by atoms with Gasteiger partial charge >= 0.3 is 0 Å². The molecule has 3 rings (SSSR count). The predicted molar refractivity (Wildman–Crippen MR) is 75.9 cm³/mol. The third-order valence-corrected chi connectivity index (χ3v) is 3.08. The molecule has 2 heterocycles. The van der Waals surface area contributed by atoms with Crippen LogP contribution in [0.2, 0.25) is 0 Å². The van der Waals surface area contributed by atoms with Crippen LogP contribution in [0.1, 0.15) is 18.9 Å². The second-order valence-corrected chi connectivity index (χ2v) is 4.64. The highest BCUT2D eigenvalue weighted by molar-refractivity contribution is 5.81. The Morgan fingerprint density at radius 3 is 3.16 bits per heavy atom. The van der Waals surface area contributed by atoms with E-state index in [4.69, 9.17) is 0 Å². The van der Waals surface area contributed by atoms with Gasteiger partial charge in [0, 0.05) is 35.9 Å². The van der Waals surface area contributed by atoms with E-state index in [0.717, 1.165) is 36.1 Å². The lowest BCUT2D eigenvalue weighted by atomic mass is 10.2. The van der Waals surface area contributed by atoms with Crippen LogP contribution in [0, 0.1) is 0 Å². The normalized spacial score (nSPS) is 11.0. The maximum Gasteiger partial charge on any atom is 0.0670 e. The molecule has 5 nitrogen and oxygen atoms in total. The van der Waals surface area contributed by atoms with Crippen molar-refractivity contribution in [3.8, 4) is 0 Å². The Kier molecular flexibility index (Phi) is 3.18. The molecule has 3 aromatic rings. The van der Waals surface area contributed by atoms with Crippen molar-refractivity contribution in [1.29, 1.82) is 0 Å². The van der Waals surface area contributed by atoms with Crippen molar-refractivity contribution in [3.05, 3.63) is 42.4 Å². The molecule has 0 fully saturated rings. The molecule has 0 aliphatic carbocycles. The zero-order chi connectivity index (χ0) is 13.1. The lowest BCUT2D eigenvalue weighted by molar-refractivity contribution is 0.602. The number of aromatic amines is 1. The molecule has 0 aliphatic rings.